The molecule has 1 aromatic rings. The van der Waals surface area contributed by atoms with E-state index in [1.807, 2.05) is 18.0 Å². The summed E-state index contributed by atoms with van der Waals surface area (Å²) in [5, 5.41) is 0. The van der Waals surface area contributed by atoms with Gasteiger partial charge in [-0.3, -0.25) is 0 Å². The van der Waals surface area contributed by atoms with E-state index >= 15 is 0 Å². The third-order valence-corrected chi connectivity index (χ3v) is 3.32. The van der Waals surface area contributed by atoms with E-state index < -0.39 is 0 Å². The molecular weight excluding hydrogens is 156 g/mol. The molecule has 11 heavy (non-hydrogen) atoms. The maximum Gasteiger partial charge on any atom is 0.115 e. The predicted molar refractivity (Wildman–Crippen MR) is 46.4 cm³/mol. The molecule has 0 aliphatic carbocycles. The molecule has 2 nitrogen and oxygen atoms in total. The van der Waals surface area contributed by atoms with Crippen molar-refractivity contribution in [2.24, 2.45) is 0 Å². The normalized spacial score (nSPS) is 19.8. The molecule has 0 N–H and O–H groups in total. The Bertz CT molecular complexity index is 283. The van der Waals surface area contributed by atoms with Crippen LogP contribution in [0.3, 0.4) is 0 Å². The molecule has 58 valence electrons. The molecule has 0 aromatic carbocycles. The van der Waals surface area contributed by atoms with Crippen molar-refractivity contribution >= 4 is 11.8 Å². The zero-order valence-electron chi connectivity index (χ0n) is 6.66. The fraction of sp³-hybridized carbons (Fsp3) is 0.500. The molecule has 0 unspecified atom stereocenters. The largest absolute Gasteiger partial charge is 0.244 e. The summed E-state index contributed by atoms with van der Waals surface area (Å²) in [5.74, 6) is 1.06. The Labute approximate surface area is 70.4 Å². The van der Waals surface area contributed by atoms with E-state index in [2.05, 4.69) is 23.8 Å². The molecule has 2 heterocycles. The molecule has 2 rings (SSSR count). The van der Waals surface area contributed by atoms with Gasteiger partial charge in [-0.15, -0.1) is 11.8 Å². The molecule has 0 saturated carbocycles. The van der Waals surface area contributed by atoms with E-state index in [1.54, 1.807) is 6.33 Å². The van der Waals surface area contributed by atoms with Gasteiger partial charge in [0, 0.05) is 17.5 Å². The fourth-order valence-corrected chi connectivity index (χ4v) is 2.38. The van der Waals surface area contributed by atoms with Crippen molar-refractivity contribution in [2.45, 2.75) is 24.3 Å². The molecule has 0 fully saturated rings. The highest BCUT2D eigenvalue weighted by Gasteiger charge is 2.31. The van der Waals surface area contributed by atoms with Gasteiger partial charge in [-0.1, -0.05) is 0 Å². The van der Waals surface area contributed by atoms with E-state index in [-0.39, 0.29) is 4.75 Å². The van der Waals surface area contributed by atoms with Crippen molar-refractivity contribution < 1.29 is 0 Å². The summed E-state index contributed by atoms with van der Waals surface area (Å²) in [4.78, 5) is 8.28. The van der Waals surface area contributed by atoms with Crippen LogP contribution >= 0.6 is 11.8 Å². The number of rotatable bonds is 0. The first-order valence-electron chi connectivity index (χ1n) is 3.63. The van der Waals surface area contributed by atoms with Crippen LogP contribution in [0.1, 0.15) is 25.1 Å². The van der Waals surface area contributed by atoms with Crippen molar-refractivity contribution in [1.29, 1.82) is 0 Å². The SMILES string of the molecule is CC1(C)SCc2cncnc21. The molecule has 1 aliphatic heterocycles. The highest BCUT2D eigenvalue weighted by atomic mass is 32.2. The summed E-state index contributed by atoms with van der Waals surface area (Å²) >= 11 is 1.93. The van der Waals surface area contributed by atoms with Gasteiger partial charge in [0.15, 0.2) is 0 Å². The predicted octanol–water partition coefficient (Wildman–Crippen LogP) is 1.96. The highest BCUT2D eigenvalue weighted by Crippen LogP contribution is 2.44. The Balaban J connectivity index is 2.56. The zero-order chi connectivity index (χ0) is 7.90. The van der Waals surface area contributed by atoms with Crippen molar-refractivity contribution in [3.05, 3.63) is 23.8 Å². The molecule has 0 amide bonds. The lowest BCUT2D eigenvalue weighted by atomic mass is 10.1. The Morgan fingerprint density at radius 3 is 3.09 bits per heavy atom. The second kappa shape index (κ2) is 2.21. The summed E-state index contributed by atoms with van der Waals surface area (Å²) in [6.45, 7) is 4.41. The Kier molecular flexibility index (Phi) is 1.42. The topological polar surface area (TPSA) is 25.8 Å². The number of thioether (sulfide) groups is 1. The second-order valence-electron chi connectivity index (χ2n) is 3.20. The first-order valence-corrected chi connectivity index (χ1v) is 4.62. The summed E-state index contributed by atoms with van der Waals surface area (Å²) in [6.07, 6.45) is 3.55. The maximum atomic E-state index is 4.28. The van der Waals surface area contributed by atoms with E-state index in [1.165, 1.54) is 11.3 Å². The first-order chi connectivity index (χ1) is 5.20. The van der Waals surface area contributed by atoms with Crippen LogP contribution in [0.25, 0.3) is 0 Å². The third-order valence-electron chi connectivity index (χ3n) is 1.95. The van der Waals surface area contributed by atoms with Crippen LogP contribution in [0.5, 0.6) is 0 Å². The third kappa shape index (κ3) is 1.03. The van der Waals surface area contributed by atoms with Gasteiger partial charge < -0.3 is 0 Å². The van der Waals surface area contributed by atoms with E-state index in [4.69, 9.17) is 0 Å². The number of aromatic nitrogens is 2. The van der Waals surface area contributed by atoms with Gasteiger partial charge >= 0.3 is 0 Å². The zero-order valence-corrected chi connectivity index (χ0v) is 7.48. The van der Waals surface area contributed by atoms with Crippen LogP contribution in [-0.2, 0) is 10.5 Å². The lowest BCUT2D eigenvalue weighted by molar-refractivity contribution is 0.750. The minimum absolute atomic E-state index is 0.193. The standard InChI is InChI=1S/C8H10N2S/c1-8(2)7-6(4-11-8)3-9-5-10-7/h3,5H,4H2,1-2H3. The number of fused-ring (bicyclic) bond motifs is 1. The Morgan fingerprint density at radius 1 is 1.55 bits per heavy atom. The second-order valence-corrected chi connectivity index (χ2v) is 4.79. The molecule has 0 bridgehead atoms. The van der Waals surface area contributed by atoms with Crippen molar-refractivity contribution in [2.75, 3.05) is 0 Å². The van der Waals surface area contributed by atoms with Crippen LogP contribution < -0.4 is 0 Å². The van der Waals surface area contributed by atoms with Crippen LogP contribution in [0.4, 0.5) is 0 Å². The van der Waals surface area contributed by atoms with Crippen molar-refractivity contribution in [3.63, 3.8) is 0 Å². The smallest absolute Gasteiger partial charge is 0.115 e. The summed E-state index contributed by atoms with van der Waals surface area (Å²) in [6, 6.07) is 0. The number of nitrogens with zero attached hydrogens (tertiary/aromatic N) is 2. The van der Waals surface area contributed by atoms with Crippen molar-refractivity contribution in [3.8, 4) is 0 Å². The van der Waals surface area contributed by atoms with Crippen LogP contribution in [0.2, 0.25) is 0 Å². The van der Waals surface area contributed by atoms with E-state index in [0.717, 1.165) is 5.75 Å². The Hall–Kier alpha value is -0.570. The van der Waals surface area contributed by atoms with Gasteiger partial charge in [-0.05, 0) is 13.8 Å². The lowest BCUT2D eigenvalue weighted by Gasteiger charge is -2.15. The van der Waals surface area contributed by atoms with Gasteiger partial charge in [0.1, 0.15) is 6.33 Å². The van der Waals surface area contributed by atoms with Crippen LogP contribution in [0, 0.1) is 0 Å². The van der Waals surface area contributed by atoms with Gasteiger partial charge in [-0.25, -0.2) is 9.97 Å². The number of hydrogen-bond acceptors (Lipinski definition) is 3. The molecule has 0 atom stereocenters. The monoisotopic (exact) mass is 166 g/mol. The van der Waals surface area contributed by atoms with Crippen LogP contribution in [-0.4, -0.2) is 9.97 Å². The van der Waals surface area contributed by atoms with Gasteiger partial charge in [0.05, 0.1) is 10.4 Å². The van der Waals surface area contributed by atoms with Crippen molar-refractivity contribution in [1.82, 2.24) is 9.97 Å². The molecule has 0 saturated heterocycles. The Morgan fingerprint density at radius 2 is 2.36 bits per heavy atom. The fourth-order valence-electron chi connectivity index (χ4n) is 1.33. The quantitative estimate of drug-likeness (QED) is 0.589. The molecule has 0 spiro atoms. The molecule has 3 heteroatoms. The minimum atomic E-state index is 0.193. The maximum absolute atomic E-state index is 4.28. The number of hydrogen-bond donors (Lipinski definition) is 0. The molecular formula is C8H10N2S. The summed E-state index contributed by atoms with van der Waals surface area (Å²) < 4.78 is 0.193. The average molecular weight is 166 g/mol. The molecule has 1 aromatic heterocycles. The van der Waals surface area contributed by atoms with Crippen LogP contribution in [0.15, 0.2) is 12.5 Å². The van der Waals surface area contributed by atoms with Gasteiger partial charge in [0.25, 0.3) is 0 Å². The van der Waals surface area contributed by atoms with Gasteiger partial charge in [0.2, 0.25) is 0 Å². The lowest BCUT2D eigenvalue weighted by Crippen LogP contribution is -2.09. The van der Waals surface area contributed by atoms with E-state index in [0.29, 0.717) is 0 Å². The molecule has 1 aliphatic rings. The first kappa shape index (κ1) is 7.10. The molecule has 0 radical (unpaired) electrons. The highest BCUT2D eigenvalue weighted by molar-refractivity contribution is 7.99. The van der Waals surface area contributed by atoms with E-state index in [9.17, 15) is 0 Å². The summed E-state index contributed by atoms with van der Waals surface area (Å²) in [5.41, 5.74) is 2.50. The van der Waals surface area contributed by atoms with Gasteiger partial charge in [-0.2, -0.15) is 0 Å². The average Bonchev–Trinajstić information content (AvgIpc) is 2.29. The minimum Gasteiger partial charge on any atom is -0.244 e. The summed E-state index contributed by atoms with van der Waals surface area (Å²) in [7, 11) is 0.